The van der Waals surface area contributed by atoms with E-state index < -0.39 is 0 Å². The fourth-order valence-corrected chi connectivity index (χ4v) is 2.89. The minimum Gasteiger partial charge on any atom is -0.508 e. The Morgan fingerprint density at radius 1 is 0.556 bits per heavy atom. The van der Waals surface area contributed by atoms with Gasteiger partial charge in [-0.05, 0) is 47.5 Å². The van der Waals surface area contributed by atoms with Crippen molar-refractivity contribution in [3.8, 4) is 28.4 Å². The van der Waals surface area contributed by atoms with Gasteiger partial charge in [0.2, 0.25) is 0 Å². The van der Waals surface area contributed by atoms with E-state index >= 15 is 0 Å². The molecule has 0 bridgehead atoms. The Kier molecular flexibility index (Phi) is 4.80. The van der Waals surface area contributed by atoms with E-state index in [1.807, 2.05) is 91.0 Å². The maximum Gasteiger partial charge on any atom is 0.361 e. The normalized spacial score (nSPS) is 11.0. The molecule has 0 aliphatic carbocycles. The molecule has 130 valence electrons. The Bertz CT molecular complexity index is 993. The van der Waals surface area contributed by atoms with Gasteiger partial charge in [0.1, 0.15) is 5.75 Å². The number of phenolic OH excluding ortho intramolecular Hbond substituents is 1. The van der Waals surface area contributed by atoms with Gasteiger partial charge in [0.15, 0.2) is 0 Å². The molecule has 0 saturated carbocycles. The van der Waals surface area contributed by atoms with Crippen molar-refractivity contribution in [3.05, 3.63) is 108 Å². The fraction of sp³-hybridized carbons (Fsp3) is 0. The molecule has 0 unspecified atom stereocenters. The van der Waals surface area contributed by atoms with E-state index in [1.54, 1.807) is 12.1 Å². The Balaban J connectivity index is 1.77. The minimum absolute atomic E-state index is 0.267. The van der Waals surface area contributed by atoms with Crippen molar-refractivity contribution in [2.75, 3.05) is 0 Å². The molecule has 0 amide bonds. The van der Waals surface area contributed by atoms with E-state index in [2.05, 4.69) is 6.08 Å². The van der Waals surface area contributed by atoms with Crippen molar-refractivity contribution in [2.45, 2.75) is 0 Å². The summed E-state index contributed by atoms with van der Waals surface area (Å²) < 4.78 is 6.19. The molecular weight excluding hydrogens is 332 g/mol. The van der Waals surface area contributed by atoms with Crippen LogP contribution in [0.5, 0.6) is 5.75 Å². The first-order chi connectivity index (χ1) is 13.3. The van der Waals surface area contributed by atoms with Crippen LogP contribution in [0.4, 0.5) is 0 Å². The zero-order valence-electron chi connectivity index (χ0n) is 14.7. The molecule has 4 aromatic rings. The van der Waals surface area contributed by atoms with Crippen LogP contribution in [0.3, 0.4) is 0 Å². The number of phenols is 1. The van der Waals surface area contributed by atoms with E-state index in [4.69, 9.17) is 4.42 Å². The number of aromatic hydroxyl groups is 1. The molecule has 0 radical (unpaired) electrons. The molecule has 0 fully saturated rings. The van der Waals surface area contributed by atoms with Crippen LogP contribution in [0.25, 0.3) is 34.8 Å². The summed E-state index contributed by atoms with van der Waals surface area (Å²) in [5.41, 5.74) is 4.15. The van der Waals surface area contributed by atoms with Crippen LogP contribution in [0.1, 0.15) is 11.1 Å². The maximum atomic E-state index is 9.43. The molecule has 1 heterocycles. The van der Waals surface area contributed by atoms with Crippen molar-refractivity contribution >= 4 is 12.2 Å². The van der Waals surface area contributed by atoms with Gasteiger partial charge in [-0.1, -0.05) is 60.7 Å². The number of rotatable bonds is 4. The van der Waals surface area contributed by atoms with Gasteiger partial charge in [0, 0.05) is 0 Å². The van der Waals surface area contributed by atoms with Gasteiger partial charge < -0.3 is 5.11 Å². The van der Waals surface area contributed by atoms with Crippen molar-refractivity contribution in [1.82, 2.24) is 0 Å². The van der Waals surface area contributed by atoms with Crippen molar-refractivity contribution < 1.29 is 9.52 Å². The Morgan fingerprint density at radius 2 is 1.04 bits per heavy atom. The molecule has 0 saturated heterocycles. The molecule has 0 atom stereocenters. The van der Waals surface area contributed by atoms with Gasteiger partial charge in [-0.15, -0.1) is 0 Å². The van der Waals surface area contributed by atoms with Crippen LogP contribution in [0.15, 0.2) is 101 Å². The second-order valence-electron chi connectivity index (χ2n) is 6.28. The molecule has 4 rings (SSSR count). The van der Waals surface area contributed by atoms with Crippen molar-refractivity contribution in [1.29, 1.82) is 0 Å². The lowest BCUT2D eigenvalue weighted by Crippen LogP contribution is -1.84. The summed E-state index contributed by atoms with van der Waals surface area (Å²) in [7, 11) is 0. The van der Waals surface area contributed by atoms with Crippen LogP contribution < -0.4 is 0 Å². The Labute approximate surface area is 158 Å². The predicted molar refractivity (Wildman–Crippen MR) is 111 cm³/mol. The van der Waals surface area contributed by atoms with E-state index in [1.165, 1.54) is 0 Å². The monoisotopic (exact) mass is 351 g/mol. The topological polar surface area (TPSA) is 31.5 Å². The highest BCUT2D eigenvalue weighted by molar-refractivity contribution is 5.74. The first kappa shape index (κ1) is 16.8. The second kappa shape index (κ2) is 7.71. The first-order valence-corrected chi connectivity index (χ1v) is 8.84. The minimum atomic E-state index is 0.267. The summed E-state index contributed by atoms with van der Waals surface area (Å²) in [5.74, 6) is 1.91. The number of hydrogen-bond acceptors (Lipinski definition) is 1. The molecule has 3 aromatic carbocycles. The van der Waals surface area contributed by atoms with Crippen LogP contribution in [0.2, 0.25) is 0 Å². The lowest BCUT2D eigenvalue weighted by atomic mass is 10.1. The summed E-state index contributed by atoms with van der Waals surface area (Å²) >= 11 is 0. The molecule has 0 aliphatic heterocycles. The molecule has 0 aliphatic rings. The molecule has 27 heavy (non-hydrogen) atoms. The first-order valence-electron chi connectivity index (χ1n) is 8.84. The van der Waals surface area contributed by atoms with Gasteiger partial charge in [0.05, 0.1) is 23.3 Å². The van der Waals surface area contributed by atoms with Gasteiger partial charge in [-0.3, -0.25) is 0 Å². The lowest BCUT2D eigenvalue weighted by molar-refractivity contribution is 0.475. The number of benzene rings is 3. The van der Waals surface area contributed by atoms with Gasteiger partial charge >= 0.3 is 11.5 Å². The van der Waals surface area contributed by atoms with E-state index in [0.29, 0.717) is 0 Å². The second-order valence-corrected chi connectivity index (χ2v) is 6.28. The highest BCUT2D eigenvalue weighted by Gasteiger charge is 2.18. The molecular formula is C25H19O2+. The third-order valence-electron chi connectivity index (χ3n) is 4.29. The van der Waals surface area contributed by atoms with Crippen LogP contribution in [-0.4, -0.2) is 5.11 Å². The number of hydrogen-bond donors (Lipinski definition) is 1. The van der Waals surface area contributed by atoms with Gasteiger partial charge in [-0.25, -0.2) is 4.42 Å². The summed E-state index contributed by atoms with van der Waals surface area (Å²) in [4.78, 5) is 0. The van der Waals surface area contributed by atoms with Crippen LogP contribution >= 0.6 is 0 Å². The molecule has 2 heteroatoms. The summed E-state index contributed by atoms with van der Waals surface area (Å²) in [6.07, 6.45) is 4.08. The molecule has 1 N–H and O–H groups in total. The van der Waals surface area contributed by atoms with Crippen molar-refractivity contribution in [3.63, 3.8) is 0 Å². The highest BCUT2D eigenvalue weighted by atomic mass is 16.3. The molecule has 0 spiro atoms. The van der Waals surface area contributed by atoms with Crippen molar-refractivity contribution in [2.24, 2.45) is 0 Å². The van der Waals surface area contributed by atoms with Crippen LogP contribution in [-0.2, 0) is 0 Å². The van der Waals surface area contributed by atoms with Gasteiger partial charge in [-0.2, -0.15) is 0 Å². The van der Waals surface area contributed by atoms with Crippen LogP contribution in [0, 0.1) is 0 Å². The summed E-state index contributed by atoms with van der Waals surface area (Å²) in [5, 5.41) is 9.43. The third-order valence-corrected chi connectivity index (χ3v) is 4.29. The van der Waals surface area contributed by atoms with Gasteiger partial charge in [0.25, 0.3) is 0 Å². The Hall–Kier alpha value is -3.65. The van der Waals surface area contributed by atoms with E-state index in [-0.39, 0.29) is 5.75 Å². The molecule has 2 nitrogen and oxygen atoms in total. The maximum absolute atomic E-state index is 9.43. The summed E-state index contributed by atoms with van der Waals surface area (Å²) in [6, 6.07) is 31.4. The predicted octanol–water partition coefficient (Wildman–Crippen LogP) is 6.77. The Morgan fingerprint density at radius 3 is 1.56 bits per heavy atom. The highest BCUT2D eigenvalue weighted by Crippen LogP contribution is 2.29. The SMILES string of the molecule is Oc1ccc(/C=C/c2cc(-c3ccccc3)[o+]c(-c3ccccc3)c2)cc1. The van der Waals surface area contributed by atoms with E-state index in [0.717, 1.165) is 33.8 Å². The zero-order valence-corrected chi connectivity index (χ0v) is 14.7. The lowest BCUT2D eigenvalue weighted by Gasteiger charge is -1.98. The summed E-state index contributed by atoms with van der Waals surface area (Å²) in [6.45, 7) is 0. The third kappa shape index (κ3) is 4.13. The average molecular weight is 351 g/mol. The molecule has 1 aromatic heterocycles. The average Bonchev–Trinajstić information content (AvgIpc) is 2.74. The fourth-order valence-electron chi connectivity index (χ4n) is 2.89. The largest absolute Gasteiger partial charge is 0.508 e. The standard InChI is InChI=1S/C25H18O2/c26-23-15-13-19(14-16-23)11-12-20-17-24(21-7-3-1-4-8-21)27-25(18-20)22-9-5-2-6-10-22/h1-18H/p+1/b12-11+. The zero-order chi connectivity index (χ0) is 18.5. The quantitative estimate of drug-likeness (QED) is 0.411. The van der Waals surface area contributed by atoms with E-state index in [9.17, 15) is 5.11 Å². The smallest absolute Gasteiger partial charge is 0.361 e.